The molecule has 0 atom stereocenters. The molecular formula is C20H17ClN2O3S. The van der Waals surface area contributed by atoms with Crippen molar-refractivity contribution in [1.29, 1.82) is 0 Å². The Bertz CT molecular complexity index is 972. The third kappa shape index (κ3) is 4.07. The lowest BCUT2D eigenvalue weighted by molar-refractivity contribution is -0.129. The molecule has 1 amide bonds. The predicted molar refractivity (Wildman–Crippen MR) is 105 cm³/mol. The summed E-state index contributed by atoms with van der Waals surface area (Å²) >= 11 is 7.45. The zero-order valence-corrected chi connectivity index (χ0v) is 16.2. The van der Waals surface area contributed by atoms with E-state index in [0.717, 1.165) is 33.3 Å². The first-order chi connectivity index (χ1) is 13.1. The van der Waals surface area contributed by atoms with Gasteiger partial charge in [0.1, 0.15) is 5.01 Å². The van der Waals surface area contributed by atoms with Gasteiger partial charge < -0.3 is 14.4 Å². The normalized spacial score (nSPS) is 12.2. The van der Waals surface area contributed by atoms with Gasteiger partial charge in [-0.25, -0.2) is 4.98 Å². The smallest absolute Gasteiger partial charge is 0.231 e. The second-order valence-corrected chi connectivity index (χ2v) is 7.56. The number of hydrogen-bond donors (Lipinski definition) is 0. The first-order valence-electron chi connectivity index (χ1n) is 8.41. The van der Waals surface area contributed by atoms with Crippen LogP contribution in [0.5, 0.6) is 11.5 Å². The lowest BCUT2D eigenvalue weighted by atomic mass is 10.2. The number of likely N-dealkylation sites (N-methyl/N-ethyl adjacent to an activating group) is 1. The van der Waals surface area contributed by atoms with E-state index in [-0.39, 0.29) is 19.1 Å². The Kier molecular flexibility index (Phi) is 5.01. The van der Waals surface area contributed by atoms with E-state index in [2.05, 4.69) is 4.98 Å². The summed E-state index contributed by atoms with van der Waals surface area (Å²) in [4.78, 5) is 18.8. The predicted octanol–water partition coefficient (Wildman–Crippen LogP) is 4.39. The molecule has 0 radical (unpaired) electrons. The number of carbonyl (C=O) groups is 1. The van der Waals surface area contributed by atoms with Crippen LogP contribution in [0.4, 0.5) is 0 Å². The number of fused-ring (bicyclic) bond motifs is 1. The number of benzene rings is 2. The van der Waals surface area contributed by atoms with Gasteiger partial charge in [0.05, 0.1) is 12.1 Å². The van der Waals surface area contributed by atoms with Crippen LogP contribution < -0.4 is 9.47 Å². The van der Waals surface area contributed by atoms with Crippen molar-refractivity contribution in [2.24, 2.45) is 0 Å². The number of halogens is 1. The van der Waals surface area contributed by atoms with Gasteiger partial charge in [-0.15, -0.1) is 11.3 Å². The van der Waals surface area contributed by atoms with E-state index >= 15 is 0 Å². The van der Waals surface area contributed by atoms with Crippen LogP contribution in [0, 0.1) is 0 Å². The van der Waals surface area contributed by atoms with E-state index in [4.69, 9.17) is 21.1 Å². The van der Waals surface area contributed by atoms with E-state index in [9.17, 15) is 4.79 Å². The van der Waals surface area contributed by atoms with E-state index in [1.807, 2.05) is 47.8 Å². The molecule has 1 aliphatic rings. The van der Waals surface area contributed by atoms with Gasteiger partial charge in [0.25, 0.3) is 0 Å². The van der Waals surface area contributed by atoms with Gasteiger partial charge in [-0.1, -0.05) is 29.8 Å². The zero-order chi connectivity index (χ0) is 18.8. The zero-order valence-electron chi connectivity index (χ0n) is 14.6. The van der Waals surface area contributed by atoms with Gasteiger partial charge in [0.15, 0.2) is 11.5 Å². The molecule has 2 aromatic carbocycles. The molecule has 0 bridgehead atoms. The number of ether oxygens (including phenoxy) is 2. The number of amides is 1. The van der Waals surface area contributed by atoms with E-state index < -0.39 is 0 Å². The third-order valence-electron chi connectivity index (χ3n) is 4.26. The van der Waals surface area contributed by atoms with Crippen LogP contribution in [0.15, 0.2) is 47.8 Å². The Hall–Kier alpha value is -2.57. The third-order valence-corrected chi connectivity index (χ3v) is 5.45. The first kappa shape index (κ1) is 17.8. The molecule has 0 saturated carbocycles. The molecule has 4 rings (SSSR count). The minimum atomic E-state index is 0.0145. The van der Waals surface area contributed by atoms with Crippen molar-refractivity contribution in [2.75, 3.05) is 13.8 Å². The van der Waals surface area contributed by atoms with Crippen LogP contribution in [0.1, 0.15) is 11.3 Å². The molecule has 27 heavy (non-hydrogen) atoms. The standard InChI is InChI=1S/C20H17ClN2O3S/c1-23(10-13-2-7-17-18(8-13)26-12-25-17)19(24)9-16-11-27-20(22-16)14-3-5-15(21)6-4-14/h2-8,11H,9-10,12H2,1H3. The molecule has 0 spiro atoms. The van der Waals surface area contributed by atoms with Gasteiger partial charge in [0.2, 0.25) is 12.7 Å². The number of aromatic nitrogens is 1. The van der Waals surface area contributed by atoms with E-state index in [0.29, 0.717) is 11.6 Å². The maximum absolute atomic E-state index is 12.6. The van der Waals surface area contributed by atoms with E-state index in [1.165, 1.54) is 11.3 Å². The van der Waals surface area contributed by atoms with Crippen molar-refractivity contribution in [3.05, 3.63) is 64.1 Å². The highest BCUT2D eigenvalue weighted by Gasteiger charge is 2.16. The Balaban J connectivity index is 1.39. The Morgan fingerprint density at radius 1 is 1.19 bits per heavy atom. The highest BCUT2D eigenvalue weighted by atomic mass is 35.5. The molecule has 3 aromatic rings. The van der Waals surface area contributed by atoms with Crippen LogP contribution in [-0.2, 0) is 17.8 Å². The van der Waals surface area contributed by atoms with Crippen molar-refractivity contribution >= 4 is 28.8 Å². The van der Waals surface area contributed by atoms with Crippen molar-refractivity contribution in [1.82, 2.24) is 9.88 Å². The topological polar surface area (TPSA) is 51.7 Å². The summed E-state index contributed by atoms with van der Waals surface area (Å²) in [6, 6.07) is 13.3. The summed E-state index contributed by atoms with van der Waals surface area (Å²) in [5.74, 6) is 1.48. The van der Waals surface area contributed by atoms with Crippen molar-refractivity contribution in [3.8, 4) is 22.1 Å². The van der Waals surface area contributed by atoms with Crippen LogP contribution >= 0.6 is 22.9 Å². The Labute approximate surface area is 166 Å². The number of carbonyl (C=O) groups excluding carboxylic acids is 1. The summed E-state index contributed by atoms with van der Waals surface area (Å²) in [7, 11) is 1.79. The second kappa shape index (κ2) is 7.58. The molecule has 138 valence electrons. The first-order valence-corrected chi connectivity index (χ1v) is 9.67. The Morgan fingerprint density at radius 2 is 1.96 bits per heavy atom. The quantitative estimate of drug-likeness (QED) is 0.637. The number of thiazole rings is 1. The summed E-state index contributed by atoms with van der Waals surface area (Å²) in [5.41, 5.74) is 2.76. The molecule has 7 heteroatoms. The van der Waals surface area contributed by atoms with Crippen molar-refractivity contribution < 1.29 is 14.3 Å². The minimum Gasteiger partial charge on any atom is -0.454 e. The van der Waals surface area contributed by atoms with Crippen LogP contribution in [0.2, 0.25) is 5.02 Å². The maximum Gasteiger partial charge on any atom is 0.231 e. The van der Waals surface area contributed by atoms with Gasteiger partial charge in [-0.3, -0.25) is 4.79 Å². The molecule has 1 aliphatic heterocycles. The molecule has 0 unspecified atom stereocenters. The highest BCUT2D eigenvalue weighted by molar-refractivity contribution is 7.13. The van der Waals surface area contributed by atoms with Gasteiger partial charge in [0, 0.05) is 29.6 Å². The summed E-state index contributed by atoms with van der Waals surface area (Å²) in [5, 5.41) is 3.50. The summed E-state index contributed by atoms with van der Waals surface area (Å²) in [6.07, 6.45) is 0.269. The number of hydrogen-bond acceptors (Lipinski definition) is 5. The largest absolute Gasteiger partial charge is 0.454 e. The molecular weight excluding hydrogens is 384 g/mol. The van der Waals surface area contributed by atoms with E-state index in [1.54, 1.807) is 11.9 Å². The molecule has 0 saturated heterocycles. The minimum absolute atomic E-state index is 0.0145. The van der Waals surface area contributed by atoms with Crippen molar-refractivity contribution in [2.45, 2.75) is 13.0 Å². The van der Waals surface area contributed by atoms with Crippen molar-refractivity contribution in [3.63, 3.8) is 0 Å². The van der Waals surface area contributed by atoms with Gasteiger partial charge >= 0.3 is 0 Å². The summed E-state index contributed by atoms with van der Waals surface area (Å²) in [6.45, 7) is 0.747. The molecule has 0 fully saturated rings. The Morgan fingerprint density at radius 3 is 2.78 bits per heavy atom. The number of nitrogens with zero attached hydrogens (tertiary/aromatic N) is 2. The monoisotopic (exact) mass is 400 g/mol. The molecule has 5 nitrogen and oxygen atoms in total. The second-order valence-electron chi connectivity index (χ2n) is 6.27. The van der Waals surface area contributed by atoms with Crippen LogP contribution in [-0.4, -0.2) is 29.6 Å². The molecule has 1 aromatic heterocycles. The SMILES string of the molecule is CN(Cc1ccc2c(c1)OCO2)C(=O)Cc1csc(-c2ccc(Cl)cc2)n1. The lowest BCUT2D eigenvalue weighted by Gasteiger charge is -2.17. The lowest BCUT2D eigenvalue weighted by Crippen LogP contribution is -2.27. The van der Waals surface area contributed by atoms with Gasteiger partial charge in [-0.05, 0) is 29.8 Å². The fourth-order valence-corrected chi connectivity index (χ4v) is 3.76. The molecule has 2 heterocycles. The average molecular weight is 401 g/mol. The molecule has 0 aliphatic carbocycles. The van der Waals surface area contributed by atoms with Gasteiger partial charge in [-0.2, -0.15) is 0 Å². The van der Waals surface area contributed by atoms with Crippen LogP contribution in [0.25, 0.3) is 10.6 Å². The summed E-state index contributed by atoms with van der Waals surface area (Å²) < 4.78 is 10.7. The number of rotatable bonds is 5. The average Bonchev–Trinajstić information content (AvgIpc) is 3.31. The van der Waals surface area contributed by atoms with Crippen LogP contribution in [0.3, 0.4) is 0 Å². The fourth-order valence-electron chi connectivity index (χ4n) is 2.80. The molecule has 0 N–H and O–H groups in total. The maximum atomic E-state index is 12.6. The highest BCUT2D eigenvalue weighted by Crippen LogP contribution is 2.32. The fraction of sp³-hybridized carbons (Fsp3) is 0.200.